The van der Waals surface area contributed by atoms with Crippen molar-refractivity contribution in [3.05, 3.63) is 71.3 Å². The molecule has 0 aliphatic carbocycles. The monoisotopic (exact) mass is 450 g/mol. The van der Waals surface area contributed by atoms with Crippen molar-refractivity contribution in [1.29, 1.82) is 0 Å². The van der Waals surface area contributed by atoms with Crippen LogP contribution in [0.2, 0.25) is 0 Å². The second-order valence-corrected chi connectivity index (χ2v) is 7.18. The first kappa shape index (κ1) is 23.3. The van der Waals surface area contributed by atoms with Crippen LogP contribution >= 0.6 is 0 Å². The molecule has 2 N–H and O–H groups in total. The maximum absolute atomic E-state index is 13.1. The van der Waals surface area contributed by atoms with E-state index in [2.05, 4.69) is 11.9 Å². The fraction of sp³-hybridized carbons (Fsp3) is 0.167. The third-order valence-electron chi connectivity index (χ3n) is 4.78. The van der Waals surface area contributed by atoms with Crippen molar-refractivity contribution in [3.8, 4) is 11.5 Å². The van der Waals surface area contributed by atoms with Gasteiger partial charge in [-0.1, -0.05) is 23.8 Å². The lowest BCUT2D eigenvalue weighted by Crippen LogP contribution is -2.54. The van der Waals surface area contributed by atoms with Gasteiger partial charge in [0.2, 0.25) is 0 Å². The Kier molecular flexibility index (Phi) is 6.92. The smallest absolute Gasteiger partial charge is 0.341 e. The molecular formula is C24H22N2O7. The Labute approximate surface area is 189 Å². The quantitative estimate of drug-likeness (QED) is 0.360. The second kappa shape index (κ2) is 9.82. The SMILES string of the molecule is C=CCc1cc(/C=C2\C(=O)NC(=O)N(c3ccc(C)cc3)C2=O)cc(OC)c1OCC(=O)O. The van der Waals surface area contributed by atoms with Crippen LogP contribution in [0, 0.1) is 6.92 Å². The summed E-state index contributed by atoms with van der Waals surface area (Å²) in [6.45, 7) is 4.98. The highest BCUT2D eigenvalue weighted by Crippen LogP contribution is 2.35. The van der Waals surface area contributed by atoms with E-state index in [9.17, 15) is 19.2 Å². The van der Waals surface area contributed by atoms with Gasteiger partial charge in [0, 0.05) is 5.56 Å². The minimum Gasteiger partial charge on any atom is -0.493 e. The topological polar surface area (TPSA) is 122 Å². The Morgan fingerprint density at radius 2 is 1.88 bits per heavy atom. The number of carbonyl (C=O) groups is 4. The molecule has 1 aliphatic heterocycles. The molecule has 0 aromatic heterocycles. The number of carboxylic acids is 1. The van der Waals surface area contributed by atoms with Crippen molar-refractivity contribution in [2.75, 3.05) is 18.6 Å². The summed E-state index contributed by atoms with van der Waals surface area (Å²) in [5.74, 6) is -2.32. The number of benzene rings is 2. The van der Waals surface area contributed by atoms with E-state index in [4.69, 9.17) is 14.6 Å². The van der Waals surface area contributed by atoms with Crippen molar-refractivity contribution in [2.45, 2.75) is 13.3 Å². The van der Waals surface area contributed by atoms with Crippen molar-refractivity contribution < 1.29 is 33.8 Å². The molecule has 170 valence electrons. The van der Waals surface area contributed by atoms with Crippen LogP contribution in [0.25, 0.3) is 6.08 Å². The van der Waals surface area contributed by atoms with Gasteiger partial charge in [0.15, 0.2) is 18.1 Å². The Hall–Kier alpha value is -4.40. The number of barbiturate groups is 1. The van der Waals surface area contributed by atoms with Crippen LogP contribution < -0.4 is 19.7 Å². The normalized spacial score (nSPS) is 14.8. The van der Waals surface area contributed by atoms with Gasteiger partial charge in [0.05, 0.1) is 12.8 Å². The lowest BCUT2D eigenvalue weighted by molar-refractivity contribution is -0.139. The number of carbonyl (C=O) groups excluding carboxylic acids is 3. The number of nitrogens with one attached hydrogen (secondary N) is 1. The van der Waals surface area contributed by atoms with Crippen molar-refractivity contribution in [1.82, 2.24) is 5.32 Å². The molecule has 0 radical (unpaired) electrons. The maximum atomic E-state index is 13.1. The summed E-state index contributed by atoms with van der Waals surface area (Å²) in [5, 5.41) is 11.1. The Bertz CT molecular complexity index is 1170. The fourth-order valence-electron chi connectivity index (χ4n) is 3.28. The van der Waals surface area contributed by atoms with Gasteiger partial charge >= 0.3 is 12.0 Å². The number of imide groups is 2. The van der Waals surface area contributed by atoms with E-state index < -0.39 is 30.4 Å². The first-order chi connectivity index (χ1) is 15.7. The number of hydrogen-bond donors (Lipinski definition) is 2. The number of urea groups is 1. The first-order valence-electron chi connectivity index (χ1n) is 9.89. The van der Waals surface area contributed by atoms with Crippen LogP contribution in [-0.2, 0) is 20.8 Å². The van der Waals surface area contributed by atoms with Crippen LogP contribution in [-0.4, -0.2) is 42.6 Å². The van der Waals surface area contributed by atoms with Gasteiger partial charge < -0.3 is 14.6 Å². The van der Waals surface area contributed by atoms with Crippen molar-refractivity contribution >= 4 is 35.6 Å². The van der Waals surface area contributed by atoms with Gasteiger partial charge in [0.25, 0.3) is 11.8 Å². The average Bonchev–Trinajstić information content (AvgIpc) is 2.76. The maximum Gasteiger partial charge on any atom is 0.341 e. The van der Waals surface area contributed by atoms with Crippen LogP contribution in [0.1, 0.15) is 16.7 Å². The van der Waals surface area contributed by atoms with E-state index in [0.717, 1.165) is 10.5 Å². The molecule has 2 aromatic rings. The summed E-state index contributed by atoms with van der Waals surface area (Å²) in [7, 11) is 1.38. The summed E-state index contributed by atoms with van der Waals surface area (Å²) in [6, 6.07) is 9.01. The molecule has 4 amide bonds. The molecule has 0 unspecified atom stereocenters. The predicted octanol–water partition coefficient (Wildman–Crippen LogP) is 2.86. The fourth-order valence-corrected chi connectivity index (χ4v) is 3.28. The third kappa shape index (κ3) is 5.09. The van der Waals surface area contributed by atoms with Gasteiger partial charge in [0.1, 0.15) is 5.57 Å². The number of carboxylic acid groups (broad SMARTS) is 1. The summed E-state index contributed by atoms with van der Waals surface area (Å²) < 4.78 is 10.7. The summed E-state index contributed by atoms with van der Waals surface area (Å²) in [4.78, 5) is 49.7. The van der Waals surface area contributed by atoms with Gasteiger partial charge in [-0.15, -0.1) is 6.58 Å². The molecule has 0 spiro atoms. The summed E-state index contributed by atoms with van der Waals surface area (Å²) in [6.07, 6.45) is 3.24. The van der Waals surface area contributed by atoms with E-state index >= 15 is 0 Å². The van der Waals surface area contributed by atoms with Crippen LogP contribution in [0.4, 0.5) is 10.5 Å². The predicted molar refractivity (Wildman–Crippen MR) is 120 cm³/mol. The third-order valence-corrected chi connectivity index (χ3v) is 4.78. The second-order valence-electron chi connectivity index (χ2n) is 7.18. The van der Waals surface area contributed by atoms with Gasteiger partial charge in [-0.25, -0.2) is 14.5 Å². The number of anilines is 1. The van der Waals surface area contributed by atoms with E-state index in [-0.39, 0.29) is 17.1 Å². The molecule has 3 rings (SSSR count). The molecule has 1 fully saturated rings. The number of aryl methyl sites for hydroxylation is 1. The molecule has 1 saturated heterocycles. The molecule has 9 heteroatoms. The van der Waals surface area contributed by atoms with E-state index in [1.807, 2.05) is 6.92 Å². The molecule has 33 heavy (non-hydrogen) atoms. The number of ether oxygens (including phenoxy) is 2. The van der Waals surface area contributed by atoms with Crippen LogP contribution in [0.3, 0.4) is 0 Å². The number of amides is 4. The van der Waals surface area contributed by atoms with Gasteiger partial charge in [-0.2, -0.15) is 0 Å². The number of hydrogen-bond acceptors (Lipinski definition) is 6. The number of aliphatic carboxylic acids is 1. The minimum atomic E-state index is -1.15. The largest absolute Gasteiger partial charge is 0.493 e. The van der Waals surface area contributed by atoms with Gasteiger partial charge in [-0.05, 0) is 49.2 Å². The van der Waals surface area contributed by atoms with Crippen molar-refractivity contribution in [3.63, 3.8) is 0 Å². The molecular weight excluding hydrogens is 428 g/mol. The lowest BCUT2D eigenvalue weighted by Gasteiger charge is -2.26. The number of allylic oxidation sites excluding steroid dienone is 1. The summed E-state index contributed by atoms with van der Waals surface area (Å²) in [5.41, 5.74) is 1.99. The molecule has 0 atom stereocenters. The zero-order valence-electron chi connectivity index (χ0n) is 18.1. The Balaban J connectivity index is 2.04. The highest BCUT2D eigenvalue weighted by Gasteiger charge is 2.36. The van der Waals surface area contributed by atoms with E-state index in [0.29, 0.717) is 23.2 Å². The van der Waals surface area contributed by atoms with Gasteiger partial charge in [-0.3, -0.25) is 14.9 Å². The van der Waals surface area contributed by atoms with E-state index in [1.165, 1.54) is 19.3 Å². The molecule has 1 aliphatic rings. The number of rotatable bonds is 8. The molecule has 9 nitrogen and oxygen atoms in total. The highest BCUT2D eigenvalue weighted by atomic mass is 16.5. The van der Waals surface area contributed by atoms with E-state index in [1.54, 1.807) is 36.4 Å². The Morgan fingerprint density at radius 1 is 1.18 bits per heavy atom. The molecule has 1 heterocycles. The zero-order chi connectivity index (χ0) is 24.1. The van der Waals surface area contributed by atoms with Crippen molar-refractivity contribution in [2.24, 2.45) is 0 Å². The Morgan fingerprint density at radius 3 is 2.48 bits per heavy atom. The standard InChI is InChI=1S/C24H22N2O7/c1-4-5-16-10-15(12-19(32-3)21(16)33-13-20(27)28)11-18-22(29)25-24(31)26(23(18)30)17-8-6-14(2)7-9-17/h4,6-12H,1,5,13H2,2-3H3,(H,27,28)(H,25,29,31)/b18-11+. The van der Waals surface area contributed by atoms with Crippen LogP contribution in [0.15, 0.2) is 54.6 Å². The molecule has 0 saturated carbocycles. The number of methoxy groups -OCH3 is 1. The summed E-state index contributed by atoms with van der Waals surface area (Å²) >= 11 is 0. The number of nitrogens with zero attached hydrogens (tertiary/aromatic N) is 1. The zero-order valence-corrected chi connectivity index (χ0v) is 18.1. The molecule has 2 aromatic carbocycles. The molecule has 0 bridgehead atoms. The first-order valence-corrected chi connectivity index (χ1v) is 9.89. The minimum absolute atomic E-state index is 0.220. The lowest BCUT2D eigenvalue weighted by atomic mass is 10.0. The highest BCUT2D eigenvalue weighted by molar-refractivity contribution is 6.39. The average molecular weight is 450 g/mol. The van der Waals surface area contributed by atoms with Crippen LogP contribution in [0.5, 0.6) is 11.5 Å².